The van der Waals surface area contributed by atoms with Gasteiger partial charge in [0.25, 0.3) is 0 Å². The normalized spacial score (nSPS) is 22.3. The first-order chi connectivity index (χ1) is 8.69. The number of likely N-dealkylation sites (tertiary alicyclic amines) is 1. The van der Waals surface area contributed by atoms with Gasteiger partial charge in [-0.25, -0.2) is 0 Å². The molecule has 1 saturated heterocycles. The summed E-state index contributed by atoms with van der Waals surface area (Å²) >= 11 is 0. The third kappa shape index (κ3) is 3.55. The Morgan fingerprint density at radius 1 is 1.39 bits per heavy atom. The molecule has 0 radical (unpaired) electrons. The van der Waals surface area contributed by atoms with Gasteiger partial charge in [0.15, 0.2) is 0 Å². The molecule has 0 aromatic heterocycles. The Morgan fingerprint density at radius 2 is 2.11 bits per heavy atom. The fourth-order valence-corrected chi connectivity index (χ4v) is 2.60. The fourth-order valence-electron chi connectivity index (χ4n) is 2.60. The molecule has 2 N–H and O–H groups in total. The van der Waals surface area contributed by atoms with Crippen LogP contribution in [0.5, 0.6) is 0 Å². The van der Waals surface area contributed by atoms with Crippen molar-refractivity contribution < 1.29 is 5.11 Å². The maximum atomic E-state index is 9.51. The molecular weight excluding hydrogens is 224 g/mol. The number of aliphatic hydroxyl groups is 1. The highest BCUT2D eigenvalue weighted by molar-refractivity contribution is 5.24. The summed E-state index contributed by atoms with van der Waals surface area (Å²) in [5.74, 6) is 0. The van der Waals surface area contributed by atoms with E-state index in [0.717, 1.165) is 32.5 Å². The number of aliphatic hydroxyl groups excluding tert-OH is 1. The van der Waals surface area contributed by atoms with Crippen LogP contribution in [0.2, 0.25) is 0 Å². The number of nitrogens with zero attached hydrogens (tertiary/aromatic N) is 1. The SMILES string of the molecule is CNC(CCN1CCC(O)C1)c1ccc(C)cc1. The summed E-state index contributed by atoms with van der Waals surface area (Å²) in [6.45, 7) is 5.04. The second-order valence-corrected chi connectivity index (χ2v) is 5.28. The first kappa shape index (κ1) is 13.5. The minimum Gasteiger partial charge on any atom is -0.392 e. The summed E-state index contributed by atoms with van der Waals surface area (Å²) in [6, 6.07) is 9.15. The highest BCUT2D eigenvalue weighted by atomic mass is 16.3. The van der Waals surface area contributed by atoms with E-state index in [1.54, 1.807) is 0 Å². The molecule has 3 heteroatoms. The van der Waals surface area contributed by atoms with Gasteiger partial charge < -0.3 is 15.3 Å². The maximum absolute atomic E-state index is 9.51. The fraction of sp³-hybridized carbons (Fsp3) is 0.600. The molecule has 1 aliphatic heterocycles. The van der Waals surface area contributed by atoms with Gasteiger partial charge in [0.1, 0.15) is 0 Å². The number of β-amino-alcohol motifs (C(OH)–C–C–N with tert-alkyl or cyclic N) is 1. The number of rotatable bonds is 5. The lowest BCUT2D eigenvalue weighted by molar-refractivity contribution is 0.175. The molecule has 0 spiro atoms. The molecule has 1 aliphatic rings. The molecule has 1 aromatic carbocycles. The summed E-state index contributed by atoms with van der Waals surface area (Å²) in [5, 5.41) is 12.9. The number of hydrogen-bond donors (Lipinski definition) is 2. The number of aryl methyl sites for hydroxylation is 1. The van der Waals surface area contributed by atoms with Crippen molar-refractivity contribution in [2.75, 3.05) is 26.7 Å². The average molecular weight is 248 g/mol. The lowest BCUT2D eigenvalue weighted by atomic mass is 10.0. The largest absolute Gasteiger partial charge is 0.392 e. The van der Waals surface area contributed by atoms with Crippen LogP contribution in [-0.4, -0.2) is 42.8 Å². The summed E-state index contributed by atoms with van der Waals surface area (Å²) in [6.07, 6.45) is 1.90. The van der Waals surface area contributed by atoms with E-state index in [0.29, 0.717) is 6.04 Å². The lowest BCUT2D eigenvalue weighted by Gasteiger charge is -2.21. The maximum Gasteiger partial charge on any atom is 0.0679 e. The van der Waals surface area contributed by atoms with Gasteiger partial charge in [0.05, 0.1) is 6.10 Å². The van der Waals surface area contributed by atoms with E-state index < -0.39 is 0 Å². The van der Waals surface area contributed by atoms with Crippen LogP contribution in [0.1, 0.15) is 30.0 Å². The van der Waals surface area contributed by atoms with E-state index >= 15 is 0 Å². The Hall–Kier alpha value is -0.900. The van der Waals surface area contributed by atoms with Gasteiger partial charge in [-0.1, -0.05) is 29.8 Å². The zero-order valence-corrected chi connectivity index (χ0v) is 11.4. The van der Waals surface area contributed by atoms with Gasteiger partial charge in [0.2, 0.25) is 0 Å². The molecule has 18 heavy (non-hydrogen) atoms. The topological polar surface area (TPSA) is 35.5 Å². The van der Waals surface area contributed by atoms with Crippen LogP contribution in [0.4, 0.5) is 0 Å². The molecule has 2 rings (SSSR count). The molecular formula is C15H24N2O. The molecule has 100 valence electrons. The second kappa shape index (κ2) is 6.32. The van der Waals surface area contributed by atoms with Crippen LogP contribution in [-0.2, 0) is 0 Å². The Morgan fingerprint density at radius 3 is 2.67 bits per heavy atom. The van der Waals surface area contributed by atoms with Crippen LogP contribution in [0.25, 0.3) is 0 Å². The molecule has 1 fully saturated rings. The average Bonchev–Trinajstić information content (AvgIpc) is 2.78. The van der Waals surface area contributed by atoms with Crippen molar-refractivity contribution in [3.63, 3.8) is 0 Å². The molecule has 1 heterocycles. The van der Waals surface area contributed by atoms with Crippen LogP contribution in [0, 0.1) is 6.92 Å². The summed E-state index contributed by atoms with van der Waals surface area (Å²) in [4.78, 5) is 2.35. The third-order valence-corrected chi connectivity index (χ3v) is 3.81. The summed E-state index contributed by atoms with van der Waals surface area (Å²) < 4.78 is 0. The van der Waals surface area contributed by atoms with Gasteiger partial charge in [-0.05, 0) is 32.4 Å². The lowest BCUT2D eigenvalue weighted by Crippen LogP contribution is -2.27. The number of benzene rings is 1. The first-order valence-electron chi connectivity index (χ1n) is 6.83. The van der Waals surface area contributed by atoms with Crippen molar-refractivity contribution in [1.29, 1.82) is 0 Å². The van der Waals surface area contributed by atoms with Gasteiger partial charge in [-0.3, -0.25) is 0 Å². The van der Waals surface area contributed by atoms with Gasteiger partial charge in [-0.15, -0.1) is 0 Å². The zero-order chi connectivity index (χ0) is 13.0. The molecule has 0 aliphatic carbocycles. The summed E-state index contributed by atoms with van der Waals surface area (Å²) in [7, 11) is 2.02. The molecule has 0 amide bonds. The molecule has 0 bridgehead atoms. The predicted octanol–water partition coefficient (Wildman–Crippen LogP) is 1.71. The van der Waals surface area contributed by atoms with Crippen LogP contribution in [0.3, 0.4) is 0 Å². The molecule has 0 saturated carbocycles. The van der Waals surface area contributed by atoms with E-state index in [1.807, 2.05) is 7.05 Å². The number of nitrogens with one attached hydrogen (secondary N) is 1. The van der Waals surface area contributed by atoms with E-state index in [1.165, 1.54) is 11.1 Å². The zero-order valence-electron chi connectivity index (χ0n) is 11.4. The van der Waals surface area contributed by atoms with Crippen LogP contribution < -0.4 is 5.32 Å². The van der Waals surface area contributed by atoms with Gasteiger partial charge in [-0.2, -0.15) is 0 Å². The Balaban J connectivity index is 1.87. The third-order valence-electron chi connectivity index (χ3n) is 3.81. The smallest absolute Gasteiger partial charge is 0.0679 e. The molecule has 2 unspecified atom stereocenters. The minimum absolute atomic E-state index is 0.114. The van der Waals surface area contributed by atoms with E-state index in [9.17, 15) is 5.11 Å². The Kier molecular flexibility index (Phi) is 4.75. The van der Waals surface area contributed by atoms with Gasteiger partial charge >= 0.3 is 0 Å². The van der Waals surface area contributed by atoms with Crippen molar-refractivity contribution in [2.45, 2.75) is 31.9 Å². The van der Waals surface area contributed by atoms with E-state index in [-0.39, 0.29) is 6.10 Å². The summed E-state index contributed by atoms with van der Waals surface area (Å²) in [5.41, 5.74) is 2.65. The van der Waals surface area contributed by atoms with E-state index in [4.69, 9.17) is 0 Å². The van der Waals surface area contributed by atoms with Crippen molar-refractivity contribution >= 4 is 0 Å². The Bertz CT molecular complexity index is 363. The van der Waals surface area contributed by atoms with Crippen LogP contribution >= 0.6 is 0 Å². The van der Waals surface area contributed by atoms with Crippen molar-refractivity contribution in [2.24, 2.45) is 0 Å². The second-order valence-electron chi connectivity index (χ2n) is 5.28. The standard InChI is InChI=1S/C15H24N2O/c1-12-3-5-13(6-4-12)15(16-2)8-10-17-9-7-14(18)11-17/h3-6,14-16,18H,7-11H2,1-2H3. The number of hydrogen-bond acceptors (Lipinski definition) is 3. The van der Waals surface area contributed by atoms with Crippen molar-refractivity contribution in [1.82, 2.24) is 10.2 Å². The predicted molar refractivity (Wildman–Crippen MR) is 74.7 cm³/mol. The quantitative estimate of drug-likeness (QED) is 0.833. The van der Waals surface area contributed by atoms with Crippen LogP contribution in [0.15, 0.2) is 24.3 Å². The molecule has 1 aromatic rings. The van der Waals surface area contributed by atoms with Crippen molar-refractivity contribution in [3.8, 4) is 0 Å². The highest BCUT2D eigenvalue weighted by Crippen LogP contribution is 2.19. The molecule has 3 nitrogen and oxygen atoms in total. The van der Waals surface area contributed by atoms with Gasteiger partial charge in [0, 0.05) is 25.7 Å². The molecule has 2 atom stereocenters. The first-order valence-corrected chi connectivity index (χ1v) is 6.83. The highest BCUT2D eigenvalue weighted by Gasteiger charge is 2.20. The van der Waals surface area contributed by atoms with E-state index in [2.05, 4.69) is 41.4 Å². The van der Waals surface area contributed by atoms with Crippen molar-refractivity contribution in [3.05, 3.63) is 35.4 Å². The Labute approximate surface area is 110 Å². The minimum atomic E-state index is -0.114. The monoisotopic (exact) mass is 248 g/mol.